The SMILES string of the molecule is Cc1cc(F)ccc1NC(=O)c1cccc(Cl)c1[N+](=O)[O-]. The molecule has 0 saturated heterocycles. The van der Waals surface area contributed by atoms with Crippen molar-refractivity contribution < 1.29 is 14.1 Å². The number of carbonyl (C=O) groups is 1. The van der Waals surface area contributed by atoms with E-state index in [9.17, 15) is 19.3 Å². The minimum atomic E-state index is -0.714. The number of hydrogen-bond donors (Lipinski definition) is 1. The predicted molar refractivity (Wildman–Crippen MR) is 77.2 cm³/mol. The van der Waals surface area contributed by atoms with E-state index in [4.69, 9.17) is 11.6 Å². The van der Waals surface area contributed by atoms with Crippen LogP contribution in [0, 0.1) is 22.9 Å². The zero-order valence-corrected chi connectivity index (χ0v) is 11.6. The van der Waals surface area contributed by atoms with Crippen LogP contribution in [-0.4, -0.2) is 10.8 Å². The van der Waals surface area contributed by atoms with E-state index in [1.807, 2.05) is 0 Å². The molecule has 0 fully saturated rings. The maximum Gasteiger partial charge on any atom is 0.300 e. The predicted octanol–water partition coefficient (Wildman–Crippen LogP) is 3.95. The van der Waals surface area contributed by atoms with Crippen LogP contribution in [0.1, 0.15) is 15.9 Å². The second-order valence-corrected chi connectivity index (χ2v) is 4.71. The van der Waals surface area contributed by atoms with Gasteiger partial charge in [-0.2, -0.15) is 0 Å². The first-order valence-corrected chi connectivity index (χ1v) is 6.28. The molecule has 1 N–H and O–H groups in total. The molecule has 0 aromatic heterocycles. The quantitative estimate of drug-likeness (QED) is 0.689. The number of aryl methyl sites for hydroxylation is 1. The summed E-state index contributed by atoms with van der Waals surface area (Å²) in [6.45, 7) is 1.62. The first-order valence-electron chi connectivity index (χ1n) is 5.90. The van der Waals surface area contributed by atoms with E-state index in [2.05, 4.69) is 5.32 Å². The monoisotopic (exact) mass is 308 g/mol. The molecule has 0 atom stereocenters. The lowest BCUT2D eigenvalue weighted by atomic mass is 10.1. The van der Waals surface area contributed by atoms with Gasteiger partial charge in [-0.1, -0.05) is 17.7 Å². The summed E-state index contributed by atoms with van der Waals surface area (Å²) in [6.07, 6.45) is 0. The zero-order valence-electron chi connectivity index (χ0n) is 10.9. The third-order valence-electron chi connectivity index (χ3n) is 2.85. The lowest BCUT2D eigenvalue weighted by molar-refractivity contribution is -0.385. The summed E-state index contributed by atoms with van der Waals surface area (Å²) in [6, 6.07) is 7.91. The van der Waals surface area contributed by atoms with Crippen molar-refractivity contribution in [2.24, 2.45) is 0 Å². The molecule has 2 aromatic rings. The number of nitrogens with one attached hydrogen (secondary N) is 1. The summed E-state index contributed by atoms with van der Waals surface area (Å²) in [5.74, 6) is -1.11. The Morgan fingerprint density at radius 3 is 2.67 bits per heavy atom. The van der Waals surface area contributed by atoms with Gasteiger partial charge in [0, 0.05) is 5.69 Å². The van der Waals surface area contributed by atoms with Gasteiger partial charge in [0.1, 0.15) is 16.4 Å². The highest BCUT2D eigenvalue weighted by Gasteiger charge is 2.23. The van der Waals surface area contributed by atoms with Gasteiger partial charge in [0.15, 0.2) is 0 Å². The fourth-order valence-electron chi connectivity index (χ4n) is 1.84. The number of para-hydroxylation sites is 1. The molecule has 0 unspecified atom stereocenters. The number of halogens is 2. The minimum Gasteiger partial charge on any atom is -0.322 e. The molecule has 0 spiro atoms. The minimum absolute atomic E-state index is 0.122. The molecule has 1 amide bonds. The van der Waals surface area contributed by atoms with E-state index >= 15 is 0 Å². The van der Waals surface area contributed by atoms with Crippen molar-refractivity contribution in [3.63, 3.8) is 0 Å². The molecular weight excluding hydrogens is 299 g/mol. The zero-order chi connectivity index (χ0) is 15.6. The highest BCUT2D eigenvalue weighted by molar-refractivity contribution is 6.33. The van der Waals surface area contributed by atoms with Gasteiger partial charge in [0.25, 0.3) is 5.91 Å². The Morgan fingerprint density at radius 2 is 2.05 bits per heavy atom. The van der Waals surface area contributed by atoms with Crippen molar-refractivity contribution in [3.05, 3.63) is 68.5 Å². The number of nitro benzene ring substituents is 1. The van der Waals surface area contributed by atoms with E-state index in [0.29, 0.717) is 11.3 Å². The number of carbonyl (C=O) groups excluding carboxylic acids is 1. The van der Waals surface area contributed by atoms with Crippen LogP contribution < -0.4 is 5.32 Å². The fourth-order valence-corrected chi connectivity index (χ4v) is 2.08. The Hall–Kier alpha value is -2.47. The fraction of sp³-hybridized carbons (Fsp3) is 0.0714. The van der Waals surface area contributed by atoms with E-state index in [0.717, 1.165) is 0 Å². The van der Waals surface area contributed by atoms with Gasteiger partial charge < -0.3 is 5.32 Å². The molecule has 0 aliphatic heterocycles. The molecule has 7 heteroatoms. The maximum absolute atomic E-state index is 13.0. The van der Waals surface area contributed by atoms with Crippen LogP contribution in [0.25, 0.3) is 0 Å². The van der Waals surface area contributed by atoms with Crippen molar-refractivity contribution in [2.75, 3.05) is 5.32 Å². The number of nitrogens with zero attached hydrogens (tertiary/aromatic N) is 1. The van der Waals surface area contributed by atoms with E-state index < -0.39 is 22.3 Å². The van der Waals surface area contributed by atoms with Crippen molar-refractivity contribution >= 4 is 28.9 Å². The number of nitro groups is 1. The van der Waals surface area contributed by atoms with E-state index in [-0.39, 0.29) is 10.6 Å². The first kappa shape index (κ1) is 14.9. The normalized spacial score (nSPS) is 10.2. The molecule has 0 heterocycles. The highest BCUT2D eigenvalue weighted by Crippen LogP contribution is 2.29. The molecule has 21 heavy (non-hydrogen) atoms. The molecule has 0 saturated carbocycles. The number of benzene rings is 2. The molecule has 0 radical (unpaired) electrons. The van der Waals surface area contributed by atoms with Crippen LogP contribution in [0.4, 0.5) is 15.8 Å². The van der Waals surface area contributed by atoms with Crippen LogP contribution in [-0.2, 0) is 0 Å². The molecule has 0 bridgehead atoms. The van der Waals surface area contributed by atoms with Crippen LogP contribution in [0.3, 0.4) is 0 Å². The lowest BCUT2D eigenvalue weighted by Crippen LogP contribution is -2.15. The molecular formula is C14H10ClFN2O3. The van der Waals surface area contributed by atoms with Crippen molar-refractivity contribution in [3.8, 4) is 0 Å². The molecule has 2 aromatic carbocycles. The van der Waals surface area contributed by atoms with E-state index in [1.165, 1.54) is 36.4 Å². The second-order valence-electron chi connectivity index (χ2n) is 4.31. The largest absolute Gasteiger partial charge is 0.322 e. The van der Waals surface area contributed by atoms with Gasteiger partial charge in [-0.25, -0.2) is 4.39 Å². The summed E-state index contributed by atoms with van der Waals surface area (Å²) in [7, 11) is 0. The van der Waals surface area contributed by atoms with Crippen LogP contribution in [0.15, 0.2) is 36.4 Å². The third-order valence-corrected chi connectivity index (χ3v) is 3.16. The van der Waals surface area contributed by atoms with Crippen molar-refractivity contribution in [1.82, 2.24) is 0 Å². The van der Waals surface area contributed by atoms with Crippen LogP contribution in [0.2, 0.25) is 5.02 Å². The van der Waals surface area contributed by atoms with Gasteiger partial charge >= 0.3 is 5.69 Å². The number of rotatable bonds is 3. The van der Waals surface area contributed by atoms with Crippen LogP contribution in [0.5, 0.6) is 0 Å². The Labute approximate surface area is 124 Å². The van der Waals surface area contributed by atoms with E-state index in [1.54, 1.807) is 6.92 Å². The molecule has 0 aliphatic carbocycles. The number of anilines is 1. The van der Waals surface area contributed by atoms with Gasteiger partial charge in [-0.15, -0.1) is 0 Å². The van der Waals surface area contributed by atoms with Gasteiger partial charge in [-0.3, -0.25) is 14.9 Å². The Morgan fingerprint density at radius 1 is 1.33 bits per heavy atom. The van der Waals surface area contributed by atoms with Crippen molar-refractivity contribution in [2.45, 2.75) is 6.92 Å². The maximum atomic E-state index is 13.0. The molecule has 0 aliphatic rings. The summed E-state index contributed by atoms with van der Waals surface area (Å²) in [5, 5.41) is 13.4. The standard InChI is InChI=1S/C14H10ClFN2O3/c1-8-7-9(16)5-6-12(8)17-14(19)10-3-2-4-11(15)13(10)18(20)21/h2-7H,1H3,(H,17,19). The summed E-state index contributed by atoms with van der Waals surface area (Å²) >= 11 is 5.75. The molecule has 2 rings (SSSR count). The molecule has 108 valence electrons. The number of hydrogen-bond acceptors (Lipinski definition) is 3. The summed E-state index contributed by atoms with van der Waals surface area (Å²) in [4.78, 5) is 22.4. The van der Waals surface area contributed by atoms with Gasteiger partial charge in [0.2, 0.25) is 0 Å². The number of amides is 1. The average molecular weight is 309 g/mol. The van der Waals surface area contributed by atoms with Crippen molar-refractivity contribution in [1.29, 1.82) is 0 Å². The molecule has 5 nitrogen and oxygen atoms in total. The van der Waals surface area contributed by atoms with Gasteiger partial charge in [0.05, 0.1) is 4.92 Å². The summed E-state index contributed by atoms with van der Waals surface area (Å²) in [5.41, 5.74) is 0.261. The smallest absolute Gasteiger partial charge is 0.300 e. The Balaban J connectivity index is 2.37. The highest BCUT2D eigenvalue weighted by atomic mass is 35.5. The second kappa shape index (κ2) is 5.88. The summed E-state index contributed by atoms with van der Waals surface area (Å²) < 4.78 is 13.0. The van der Waals surface area contributed by atoms with Crippen LogP contribution >= 0.6 is 11.6 Å². The topological polar surface area (TPSA) is 72.2 Å². The average Bonchev–Trinajstić information content (AvgIpc) is 2.41. The lowest BCUT2D eigenvalue weighted by Gasteiger charge is -2.09. The Kier molecular flexibility index (Phi) is 4.18. The Bertz CT molecular complexity index is 734. The van der Waals surface area contributed by atoms with Gasteiger partial charge in [-0.05, 0) is 42.8 Å². The third kappa shape index (κ3) is 3.17. The first-order chi connectivity index (χ1) is 9.90.